The highest BCUT2D eigenvalue weighted by molar-refractivity contribution is 7.16. The number of amides is 1. The second kappa shape index (κ2) is 7.90. The molecule has 0 radical (unpaired) electrons. The summed E-state index contributed by atoms with van der Waals surface area (Å²) in [4.78, 5) is 31.1. The molecule has 2 rings (SSSR count). The number of carbonyl (C=O) groups is 1. The van der Waals surface area contributed by atoms with Crippen LogP contribution >= 0.6 is 23.7 Å². The highest BCUT2D eigenvalue weighted by atomic mass is 35.5. The average molecular weight is 359 g/mol. The number of thiophene rings is 1. The van der Waals surface area contributed by atoms with Crippen molar-refractivity contribution < 1.29 is 4.79 Å². The summed E-state index contributed by atoms with van der Waals surface area (Å²) in [7, 11) is 1.77. The maximum absolute atomic E-state index is 12.2. The third kappa shape index (κ3) is 4.76. The summed E-state index contributed by atoms with van der Waals surface area (Å²) < 4.78 is 1.49. The fraction of sp³-hybridized carbons (Fsp3) is 0.533. The largest absolute Gasteiger partial charge is 0.345 e. The number of carbonyl (C=O) groups excluding carboxylic acids is 1. The van der Waals surface area contributed by atoms with Gasteiger partial charge in [-0.25, -0.2) is 4.98 Å². The van der Waals surface area contributed by atoms with E-state index in [1.165, 1.54) is 22.2 Å². The van der Waals surface area contributed by atoms with E-state index < -0.39 is 0 Å². The van der Waals surface area contributed by atoms with Crippen molar-refractivity contribution in [1.29, 1.82) is 0 Å². The molecule has 0 saturated heterocycles. The second-order valence-electron chi connectivity index (χ2n) is 6.25. The molecule has 2 N–H and O–H groups in total. The predicted molar refractivity (Wildman–Crippen MR) is 96.2 cm³/mol. The number of aromatic nitrogens is 2. The van der Waals surface area contributed by atoms with Gasteiger partial charge in [0.2, 0.25) is 5.91 Å². The van der Waals surface area contributed by atoms with Gasteiger partial charge in [-0.05, 0) is 23.4 Å². The van der Waals surface area contributed by atoms with Crippen molar-refractivity contribution in [3.8, 4) is 0 Å². The van der Waals surface area contributed by atoms with Crippen LogP contribution in [0.4, 0.5) is 0 Å². The molecule has 0 fully saturated rings. The zero-order valence-electron chi connectivity index (χ0n) is 13.6. The Labute approximate surface area is 145 Å². The summed E-state index contributed by atoms with van der Waals surface area (Å²) in [6.45, 7) is 5.50. The highest BCUT2D eigenvalue weighted by Crippen LogP contribution is 2.15. The number of fused-ring (bicyclic) bond motifs is 1. The van der Waals surface area contributed by atoms with E-state index in [-0.39, 0.29) is 35.7 Å². The minimum atomic E-state index is -0.113. The lowest BCUT2D eigenvalue weighted by Gasteiger charge is -2.29. The number of hydrogen-bond donors (Lipinski definition) is 1. The number of halogens is 1. The zero-order valence-corrected chi connectivity index (χ0v) is 15.2. The number of aryl methyl sites for hydroxylation is 1. The molecular weight excluding hydrogens is 336 g/mol. The summed E-state index contributed by atoms with van der Waals surface area (Å²) in [6, 6.07) is 1.77. The van der Waals surface area contributed by atoms with Crippen LogP contribution < -0.4 is 11.3 Å². The Hall–Kier alpha value is -1.44. The topological polar surface area (TPSA) is 81.2 Å². The molecule has 0 aliphatic carbocycles. The first-order valence-corrected chi connectivity index (χ1v) is 8.09. The monoisotopic (exact) mass is 358 g/mol. The van der Waals surface area contributed by atoms with E-state index in [4.69, 9.17) is 5.73 Å². The SMILES string of the molecule is CN(CC(C)(C)CN)C(=O)CCn1cnc2sccc2c1=O.Cl. The van der Waals surface area contributed by atoms with Gasteiger partial charge in [0.05, 0.1) is 11.7 Å². The Morgan fingerprint density at radius 1 is 1.48 bits per heavy atom. The quantitative estimate of drug-likeness (QED) is 0.852. The fourth-order valence-corrected chi connectivity index (χ4v) is 2.98. The van der Waals surface area contributed by atoms with Crippen molar-refractivity contribution in [3.63, 3.8) is 0 Å². The Balaban J connectivity index is 0.00000264. The predicted octanol–water partition coefficient (Wildman–Crippen LogP) is 1.71. The maximum Gasteiger partial charge on any atom is 0.262 e. The van der Waals surface area contributed by atoms with Gasteiger partial charge >= 0.3 is 0 Å². The third-order valence-electron chi connectivity index (χ3n) is 3.66. The van der Waals surface area contributed by atoms with E-state index in [1.54, 1.807) is 18.0 Å². The molecule has 0 bridgehead atoms. The molecule has 0 aliphatic heterocycles. The van der Waals surface area contributed by atoms with Crippen molar-refractivity contribution in [2.75, 3.05) is 20.1 Å². The van der Waals surface area contributed by atoms with Gasteiger partial charge < -0.3 is 10.6 Å². The summed E-state index contributed by atoms with van der Waals surface area (Å²) >= 11 is 1.44. The minimum Gasteiger partial charge on any atom is -0.345 e. The molecule has 2 aromatic rings. The van der Waals surface area contributed by atoms with Crippen molar-refractivity contribution in [3.05, 3.63) is 28.1 Å². The standard InChI is InChI=1S/C15H22N4O2S.ClH/c1-15(2,8-16)9-18(3)12(20)4-6-19-10-17-13-11(14(19)21)5-7-22-13;/h5,7,10H,4,6,8-9,16H2,1-3H3;1H. The Bertz CT molecular complexity index is 726. The molecule has 0 saturated carbocycles. The molecule has 6 nitrogen and oxygen atoms in total. The number of nitrogens with two attached hydrogens (primary N) is 1. The van der Waals surface area contributed by atoms with Crippen molar-refractivity contribution in [2.45, 2.75) is 26.8 Å². The zero-order chi connectivity index (χ0) is 16.3. The lowest BCUT2D eigenvalue weighted by atomic mass is 9.93. The third-order valence-corrected chi connectivity index (χ3v) is 4.48. The molecule has 23 heavy (non-hydrogen) atoms. The molecule has 0 atom stereocenters. The van der Waals surface area contributed by atoms with Crippen LogP contribution in [0, 0.1) is 5.41 Å². The van der Waals surface area contributed by atoms with E-state index >= 15 is 0 Å². The first-order valence-electron chi connectivity index (χ1n) is 7.21. The molecule has 0 unspecified atom stereocenters. The number of rotatable bonds is 6. The molecule has 2 aromatic heterocycles. The highest BCUT2D eigenvalue weighted by Gasteiger charge is 2.21. The van der Waals surface area contributed by atoms with Gasteiger partial charge in [0.15, 0.2) is 0 Å². The van der Waals surface area contributed by atoms with Gasteiger partial charge in [-0.3, -0.25) is 14.2 Å². The maximum atomic E-state index is 12.2. The van der Waals surface area contributed by atoms with Crippen LogP contribution in [-0.4, -0.2) is 40.5 Å². The molecule has 0 spiro atoms. The summed E-state index contributed by atoms with van der Waals surface area (Å²) in [5, 5.41) is 2.45. The van der Waals surface area contributed by atoms with Crippen molar-refractivity contribution in [1.82, 2.24) is 14.5 Å². The Morgan fingerprint density at radius 3 is 2.83 bits per heavy atom. The number of nitrogens with zero attached hydrogens (tertiary/aromatic N) is 3. The van der Waals surface area contributed by atoms with Crippen LogP contribution in [0.5, 0.6) is 0 Å². The molecule has 0 aromatic carbocycles. The Morgan fingerprint density at radius 2 is 2.17 bits per heavy atom. The molecule has 2 heterocycles. The van der Waals surface area contributed by atoms with Gasteiger partial charge in [-0.1, -0.05) is 13.8 Å². The van der Waals surface area contributed by atoms with E-state index in [0.717, 1.165) is 4.83 Å². The summed E-state index contributed by atoms with van der Waals surface area (Å²) in [6.07, 6.45) is 1.78. The fourth-order valence-electron chi connectivity index (χ4n) is 2.25. The lowest BCUT2D eigenvalue weighted by Crippen LogP contribution is -2.40. The Kier molecular flexibility index (Phi) is 6.73. The van der Waals surface area contributed by atoms with Gasteiger partial charge in [0.1, 0.15) is 4.83 Å². The van der Waals surface area contributed by atoms with Crippen LogP contribution in [0.15, 0.2) is 22.6 Å². The molecule has 0 aliphatic rings. The summed E-state index contributed by atoms with van der Waals surface area (Å²) in [5.41, 5.74) is 5.49. The van der Waals surface area contributed by atoms with Gasteiger partial charge in [-0.15, -0.1) is 23.7 Å². The van der Waals surface area contributed by atoms with Gasteiger partial charge in [0.25, 0.3) is 5.56 Å². The average Bonchev–Trinajstić information content (AvgIpc) is 2.95. The number of hydrogen-bond acceptors (Lipinski definition) is 5. The molecular formula is C15H23ClN4O2S. The molecule has 1 amide bonds. The molecule has 8 heteroatoms. The van der Waals surface area contributed by atoms with Gasteiger partial charge in [0, 0.05) is 26.6 Å². The summed E-state index contributed by atoms with van der Waals surface area (Å²) in [5.74, 6) is -0.00107. The van der Waals surface area contributed by atoms with Crippen LogP contribution in [0.1, 0.15) is 20.3 Å². The van der Waals surface area contributed by atoms with E-state index in [9.17, 15) is 9.59 Å². The van der Waals surface area contributed by atoms with E-state index in [1.807, 2.05) is 19.2 Å². The van der Waals surface area contributed by atoms with Crippen molar-refractivity contribution >= 4 is 39.9 Å². The van der Waals surface area contributed by atoms with Gasteiger partial charge in [-0.2, -0.15) is 0 Å². The van der Waals surface area contributed by atoms with Crippen molar-refractivity contribution in [2.24, 2.45) is 11.1 Å². The van der Waals surface area contributed by atoms with Crippen LogP contribution in [0.3, 0.4) is 0 Å². The second-order valence-corrected chi connectivity index (χ2v) is 7.15. The first-order chi connectivity index (χ1) is 10.3. The van der Waals surface area contributed by atoms with Crippen LogP contribution in [0.25, 0.3) is 10.2 Å². The van der Waals surface area contributed by atoms with E-state index in [0.29, 0.717) is 25.0 Å². The lowest BCUT2D eigenvalue weighted by molar-refractivity contribution is -0.131. The van der Waals surface area contributed by atoms with Crippen LogP contribution in [-0.2, 0) is 11.3 Å². The molecule has 128 valence electrons. The van der Waals surface area contributed by atoms with E-state index in [2.05, 4.69) is 4.98 Å². The minimum absolute atomic E-state index is 0. The smallest absolute Gasteiger partial charge is 0.262 e. The first kappa shape index (κ1) is 19.6. The van der Waals surface area contributed by atoms with Crippen LogP contribution in [0.2, 0.25) is 0 Å². The normalized spacial score (nSPS) is 11.3.